The van der Waals surface area contributed by atoms with E-state index >= 15 is 0 Å². The van der Waals surface area contributed by atoms with Crippen LogP contribution in [0.3, 0.4) is 0 Å². The minimum atomic E-state index is -0.646. The number of carbonyl (C=O) groups excluding carboxylic acids is 3. The van der Waals surface area contributed by atoms with Crippen LogP contribution in [-0.2, 0) is 101 Å². The number of aliphatic hydroxyl groups is 1. The van der Waals surface area contributed by atoms with Crippen LogP contribution in [0.1, 0.15) is 436 Å². The van der Waals surface area contributed by atoms with Crippen LogP contribution in [0.25, 0.3) is 0 Å². The highest BCUT2D eigenvalue weighted by Gasteiger charge is 2.26. The Kier molecular flexibility index (Phi) is 45.8. The van der Waals surface area contributed by atoms with E-state index in [4.69, 9.17) is 0 Å². The molecule has 0 bridgehead atoms. The predicted molar refractivity (Wildman–Crippen MR) is 572 cm³/mol. The van der Waals surface area contributed by atoms with Crippen LogP contribution in [0.15, 0.2) is 164 Å². The zero-order valence-corrected chi connectivity index (χ0v) is 93.2. The zero-order chi connectivity index (χ0) is 103. The van der Waals surface area contributed by atoms with Gasteiger partial charge in [0.05, 0.1) is 18.0 Å². The van der Waals surface area contributed by atoms with E-state index in [9.17, 15) is 19.5 Å². The van der Waals surface area contributed by atoms with Crippen molar-refractivity contribution in [3.63, 3.8) is 0 Å². The van der Waals surface area contributed by atoms with E-state index in [1.807, 2.05) is 84.5 Å². The summed E-state index contributed by atoms with van der Waals surface area (Å²) in [6, 6.07) is 47.6. The molecule has 1 atom stereocenters. The number of nitrogens with zero attached hydrogens (tertiary/aromatic N) is 5. The number of carbonyl (C=O) groups is 3. The number of Topliss-reactive ketones (excluding diaryl/α,β-unsaturated/α-hetero) is 1. The van der Waals surface area contributed by atoms with Gasteiger partial charge in [0.1, 0.15) is 12.2 Å². The first kappa shape index (κ1) is 122. The second-order valence-corrected chi connectivity index (χ2v) is 53.5. The summed E-state index contributed by atoms with van der Waals surface area (Å²) in [6.45, 7) is 106. The van der Waals surface area contributed by atoms with E-state index in [-0.39, 0.29) is 107 Å². The van der Waals surface area contributed by atoms with Crippen LogP contribution in [0, 0.1) is 16.2 Å². The van der Waals surface area contributed by atoms with Crippen LogP contribution in [0.5, 0.6) is 0 Å². The molecule has 2 amide bonds. The van der Waals surface area contributed by atoms with Gasteiger partial charge in [-0.2, -0.15) is 0 Å². The summed E-state index contributed by atoms with van der Waals surface area (Å²) in [6.07, 6.45) is 12.0. The molecule has 0 saturated carbocycles. The maximum atomic E-state index is 11.9. The van der Waals surface area contributed by atoms with Crippen molar-refractivity contribution in [3.05, 3.63) is 249 Å². The number of anilines is 1. The number of amides is 2. The molecule has 5 aromatic heterocycles. The third-order valence-corrected chi connectivity index (χ3v) is 20.9. The van der Waals surface area contributed by atoms with E-state index in [2.05, 4.69) is 446 Å². The second kappa shape index (κ2) is 49.6. The van der Waals surface area contributed by atoms with E-state index in [1.54, 1.807) is 12.3 Å². The molecule has 13 nitrogen and oxygen atoms in total. The van der Waals surface area contributed by atoms with Crippen molar-refractivity contribution in [2.75, 3.05) is 5.32 Å². The Balaban J connectivity index is 0.000000758. The third kappa shape index (κ3) is 55.1. The van der Waals surface area contributed by atoms with Gasteiger partial charge in [0.2, 0.25) is 11.8 Å². The molecule has 0 saturated heterocycles. The Hall–Kier alpha value is -8.10. The monoisotopic (exact) mass is 1810 g/mol. The molecule has 0 aliphatic rings. The van der Waals surface area contributed by atoms with Crippen molar-refractivity contribution in [2.45, 2.75) is 461 Å². The molecular weight excluding hydrogens is 1620 g/mol. The number of pyridine rings is 5. The zero-order valence-electron chi connectivity index (χ0n) is 93.2. The minimum absolute atomic E-state index is 0.0244. The quantitative estimate of drug-likeness (QED) is 0.0653. The Bertz CT molecular complexity index is 4360. The van der Waals surface area contributed by atoms with Gasteiger partial charge in [0.25, 0.3) is 0 Å². The lowest BCUT2D eigenvalue weighted by atomic mass is 9.82. The number of aromatic nitrogens is 5. The van der Waals surface area contributed by atoms with Crippen LogP contribution < -0.4 is 21.3 Å². The van der Waals surface area contributed by atoms with Crippen molar-refractivity contribution < 1.29 is 19.5 Å². The van der Waals surface area contributed by atoms with Crippen LogP contribution in [0.4, 0.5) is 5.69 Å². The molecule has 0 fully saturated rings. The van der Waals surface area contributed by atoms with Crippen LogP contribution in [0.2, 0.25) is 0 Å². The van der Waals surface area contributed by atoms with E-state index < -0.39 is 6.10 Å². The molecule has 0 spiro atoms. The van der Waals surface area contributed by atoms with Gasteiger partial charge >= 0.3 is 0 Å². The first-order valence-corrected chi connectivity index (χ1v) is 48.5. The lowest BCUT2D eigenvalue weighted by Crippen LogP contribution is -2.41. The number of aliphatic hydroxyl groups excluding tert-OH is 1. The first-order chi connectivity index (χ1) is 59.1. The summed E-state index contributed by atoms with van der Waals surface area (Å²) < 4.78 is 0. The van der Waals surface area contributed by atoms with Gasteiger partial charge in [-0.05, 0) is 216 Å². The molecule has 3 aromatic carbocycles. The number of hydrogen-bond donors (Lipinski definition) is 5. The Morgan fingerprint density at radius 2 is 0.568 bits per heavy atom. The molecule has 13 heteroatoms. The molecule has 8 aromatic rings. The van der Waals surface area contributed by atoms with E-state index in [0.29, 0.717) is 29.4 Å². The molecule has 5 N–H and O–H groups in total. The standard InChI is InChI=1S/C18H29NO2.C16H25N3O2.C15H25N.C15H24.C14H24N2.C14H23N.C14H22.C13H21N/c1-17(2,3)11-16(21)10-15(20)9-14-8-7-13(12-19-14)18(4,5)6;1-15(2,3)12-8-7-11(10-17-12)18-13(20)9-14(21)19-16(4,5)6;1-14(2,3)13-9-7-12(8-10-13)11-16-15(4,5)6;1-14(2,3)11-12-7-9-13(10-8-12)15(4,5)6;1-13(2,3)12-8-7-11(9-15-12)10-16-14(4,5)6;1-13(2,3)9-11-7-8-12(15-10-11)14(4,5)6;1-13(2,3)11-7-9-12(10-8-11)14(4,5)6;1-12(2,3)10-7-8-11(14-9-10)13(4,5)6/h7-8,12,15,20H,9-11H2,1-6H3;7-8,10H,9H2,1-6H3,(H,18,20)(H,19,21);7-10,16H,11H2,1-6H3;7-10H,11H2,1-6H3;7-9,16H,10H2,1-6H3;7-8,10H,9H2,1-6H3;7-10H,1-6H3;7-9H,1-6H3. The molecule has 738 valence electrons. The third-order valence-electron chi connectivity index (χ3n) is 20.9. The topological polar surface area (TPSA) is 184 Å². The fraction of sp³-hybridized carbons (Fsp3) is 0.613. The van der Waals surface area contributed by atoms with Gasteiger partial charge in [-0.3, -0.25) is 39.3 Å². The lowest BCUT2D eigenvalue weighted by Gasteiger charge is -2.23. The maximum Gasteiger partial charge on any atom is 0.233 e. The van der Waals surface area contributed by atoms with Crippen molar-refractivity contribution >= 4 is 23.3 Å². The Labute approximate surface area is 809 Å². The molecule has 5 heterocycles. The van der Waals surface area contributed by atoms with E-state index in [0.717, 1.165) is 48.7 Å². The highest BCUT2D eigenvalue weighted by Crippen LogP contribution is 2.33. The van der Waals surface area contributed by atoms with Crippen molar-refractivity contribution in [1.82, 2.24) is 40.9 Å². The maximum absolute atomic E-state index is 11.9. The number of nitrogens with one attached hydrogen (secondary N) is 4. The molecule has 0 aliphatic carbocycles. The summed E-state index contributed by atoms with van der Waals surface area (Å²) in [5, 5.41) is 22.4. The molecule has 1 unspecified atom stereocenters. The van der Waals surface area contributed by atoms with Gasteiger partial charge in [-0.25, -0.2) is 0 Å². The summed E-state index contributed by atoms with van der Waals surface area (Å²) in [7, 11) is 0. The summed E-state index contributed by atoms with van der Waals surface area (Å²) in [5.41, 5.74) is 21.7. The fourth-order valence-electron chi connectivity index (χ4n) is 12.9. The number of rotatable bonds is 14. The van der Waals surface area contributed by atoms with Gasteiger partial charge in [0, 0.05) is 124 Å². The lowest BCUT2D eigenvalue weighted by molar-refractivity contribution is -0.128. The van der Waals surface area contributed by atoms with Gasteiger partial charge < -0.3 is 26.4 Å². The Morgan fingerprint density at radius 3 is 0.848 bits per heavy atom. The van der Waals surface area contributed by atoms with Crippen LogP contribution in [-0.4, -0.2) is 70.3 Å². The molecular formula is C119H193N9O4. The smallest absolute Gasteiger partial charge is 0.233 e. The van der Waals surface area contributed by atoms with Crippen LogP contribution >= 0.6 is 0 Å². The molecule has 0 radical (unpaired) electrons. The second-order valence-electron chi connectivity index (χ2n) is 53.5. The summed E-state index contributed by atoms with van der Waals surface area (Å²) in [5.74, 6) is -0.525. The SMILES string of the molecule is CC(C)(C)CC(=O)CC(O)Cc1ccc(C(C)(C)C)cn1.CC(C)(C)Cc1ccc(C(C)(C)C)cc1.CC(C)(C)Cc1ccc(C(C)(C)C)nc1.CC(C)(C)NC(=O)CC(=O)Nc1ccc(C(C)(C)C)nc1.CC(C)(C)NCc1ccc(C(C)(C)C)cc1.CC(C)(C)NCc1ccc(C(C)(C)C)nc1.CC(C)(C)c1ccc(C(C)(C)C)cc1.CC(C)(C)c1ccc(C(C)(C)C)nc1. The molecule has 132 heavy (non-hydrogen) atoms. The summed E-state index contributed by atoms with van der Waals surface area (Å²) in [4.78, 5) is 57.6. The predicted octanol–water partition coefficient (Wildman–Crippen LogP) is 29.9. The molecule has 8 rings (SSSR count). The highest BCUT2D eigenvalue weighted by atomic mass is 16.3. The highest BCUT2D eigenvalue weighted by molar-refractivity contribution is 6.03. The summed E-state index contributed by atoms with van der Waals surface area (Å²) >= 11 is 0. The number of benzene rings is 3. The largest absolute Gasteiger partial charge is 0.392 e. The van der Waals surface area contributed by atoms with Crippen molar-refractivity contribution in [3.8, 4) is 0 Å². The van der Waals surface area contributed by atoms with E-state index in [1.165, 1.54) is 61.3 Å². The molecule has 0 aliphatic heterocycles. The van der Waals surface area contributed by atoms with Gasteiger partial charge in [0.15, 0.2) is 0 Å². The minimum Gasteiger partial charge on any atom is -0.392 e. The number of hydrogen-bond acceptors (Lipinski definition) is 11. The average Bonchev–Trinajstić information content (AvgIpc) is 0.824. The normalized spacial score (nSPS) is 12.9. The van der Waals surface area contributed by atoms with Crippen molar-refractivity contribution in [1.29, 1.82) is 0 Å². The van der Waals surface area contributed by atoms with Crippen molar-refractivity contribution in [2.24, 2.45) is 16.2 Å². The number of ketones is 1. The van der Waals surface area contributed by atoms with Gasteiger partial charge in [-0.1, -0.05) is 367 Å². The fourth-order valence-corrected chi connectivity index (χ4v) is 12.9. The van der Waals surface area contributed by atoms with Gasteiger partial charge in [-0.15, -0.1) is 0 Å². The average molecular weight is 1810 g/mol. The Morgan fingerprint density at radius 1 is 0.280 bits per heavy atom. The first-order valence-electron chi connectivity index (χ1n) is 48.5.